The minimum atomic E-state index is -1.60. The van der Waals surface area contributed by atoms with Crippen LogP contribution in [-0.4, -0.2) is 37.3 Å². The van der Waals surface area contributed by atoms with Crippen LogP contribution in [0.25, 0.3) is 0 Å². The van der Waals surface area contributed by atoms with Gasteiger partial charge in [0.1, 0.15) is 0 Å². The first kappa shape index (κ1) is 22.4. The minimum absolute atomic E-state index is 0.330. The fraction of sp³-hybridized carbons (Fsp3) is 0.700. The molecule has 0 atom stereocenters. The van der Waals surface area contributed by atoms with E-state index in [-0.39, 0.29) is 0 Å². The molecule has 3 nitrogen and oxygen atoms in total. The first-order valence-corrected chi connectivity index (χ1v) is 14.5. The first-order chi connectivity index (χ1) is 11.7. The number of rotatable bonds is 11. The molecule has 144 valence electrons. The normalized spacial score (nSPS) is 12.6. The molecule has 25 heavy (non-hydrogen) atoms. The lowest BCUT2D eigenvalue weighted by atomic mass is 10.2. The van der Waals surface area contributed by atoms with Crippen LogP contribution in [-0.2, 0) is 8.85 Å². The third-order valence-electron chi connectivity index (χ3n) is 5.35. The van der Waals surface area contributed by atoms with Gasteiger partial charge in [-0.2, -0.15) is 0 Å². The van der Waals surface area contributed by atoms with Gasteiger partial charge in [0.25, 0.3) is 0 Å². The summed E-state index contributed by atoms with van der Waals surface area (Å²) < 4.78 is 14.3. The van der Waals surface area contributed by atoms with Gasteiger partial charge in [0, 0.05) is 25.4 Å². The number of nitrogens with zero attached hydrogens (tertiary/aromatic N) is 1. The Kier molecular flexibility index (Phi) is 9.42. The average molecular weight is 382 g/mol. The summed E-state index contributed by atoms with van der Waals surface area (Å²) in [5.74, 6) is 0. The summed E-state index contributed by atoms with van der Waals surface area (Å²) in [5, 5.41) is 0.330. The summed E-state index contributed by atoms with van der Waals surface area (Å²) in [6, 6.07) is 12.1. The number of benzene rings is 1. The van der Waals surface area contributed by atoms with Crippen LogP contribution >= 0.6 is 0 Å². The van der Waals surface area contributed by atoms with Crippen LogP contribution in [0.2, 0.25) is 24.2 Å². The highest BCUT2D eigenvalue weighted by molar-refractivity contribution is 6.83. The van der Waals surface area contributed by atoms with Crippen molar-refractivity contribution in [1.82, 2.24) is 0 Å². The van der Waals surface area contributed by atoms with Gasteiger partial charge in [-0.15, -0.1) is 0 Å². The summed E-state index contributed by atoms with van der Waals surface area (Å²) >= 11 is 0. The van der Waals surface area contributed by atoms with Crippen molar-refractivity contribution >= 4 is 23.2 Å². The average Bonchev–Trinajstić information content (AvgIpc) is 2.54. The molecule has 0 saturated heterocycles. The lowest BCUT2D eigenvalue weighted by Gasteiger charge is -2.47. The smallest absolute Gasteiger partial charge is 0.321 e. The summed E-state index contributed by atoms with van der Waals surface area (Å²) in [7, 11) is -3.05. The van der Waals surface area contributed by atoms with Crippen LogP contribution in [0.15, 0.2) is 30.3 Å². The second-order valence-corrected chi connectivity index (χ2v) is 15.4. The van der Waals surface area contributed by atoms with Gasteiger partial charge in [0.2, 0.25) is 0 Å². The zero-order chi connectivity index (χ0) is 18.9. The SMILES string of the molecule is CCO[SiH](CCCCN(c1ccccc1)[Si](C)(C)C(C)(C)C)OCC. The highest BCUT2D eigenvalue weighted by atomic mass is 28.3. The molecule has 1 aromatic rings. The Morgan fingerprint density at radius 1 is 0.960 bits per heavy atom. The predicted octanol–water partition coefficient (Wildman–Crippen LogP) is 5.57. The van der Waals surface area contributed by atoms with Crippen LogP contribution in [0.3, 0.4) is 0 Å². The summed E-state index contributed by atoms with van der Waals surface area (Å²) in [4.78, 5) is 0. The molecule has 0 aliphatic carbocycles. The van der Waals surface area contributed by atoms with Crippen molar-refractivity contribution in [2.24, 2.45) is 0 Å². The Labute approximate surface area is 158 Å². The van der Waals surface area contributed by atoms with Crippen molar-refractivity contribution in [3.8, 4) is 0 Å². The summed E-state index contributed by atoms with van der Waals surface area (Å²) in [5.41, 5.74) is 1.37. The molecule has 0 aromatic heterocycles. The monoisotopic (exact) mass is 381 g/mol. The van der Waals surface area contributed by atoms with Crippen LogP contribution in [0, 0.1) is 0 Å². The summed E-state index contributed by atoms with van der Waals surface area (Å²) in [6.45, 7) is 19.0. The van der Waals surface area contributed by atoms with Crippen molar-refractivity contribution in [3.05, 3.63) is 30.3 Å². The van der Waals surface area contributed by atoms with Crippen LogP contribution in [0.1, 0.15) is 47.5 Å². The number of para-hydroxylation sites is 1. The molecule has 0 amide bonds. The van der Waals surface area contributed by atoms with Crippen molar-refractivity contribution in [2.45, 2.75) is 71.6 Å². The van der Waals surface area contributed by atoms with Gasteiger partial charge < -0.3 is 13.4 Å². The van der Waals surface area contributed by atoms with E-state index in [1.165, 1.54) is 18.5 Å². The van der Waals surface area contributed by atoms with Crippen LogP contribution in [0.4, 0.5) is 5.69 Å². The van der Waals surface area contributed by atoms with Gasteiger partial charge >= 0.3 is 9.28 Å². The lowest BCUT2D eigenvalue weighted by Crippen LogP contribution is -2.55. The maximum Gasteiger partial charge on any atom is 0.321 e. The van der Waals surface area contributed by atoms with Crippen LogP contribution < -0.4 is 4.57 Å². The molecule has 0 heterocycles. The Morgan fingerprint density at radius 3 is 2.00 bits per heavy atom. The number of hydrogen-bond acceptors (Lipinski definition) is 3. The van der Waals surface area contributed by atoms with Gasteiger partial charge in [0.15, 0.2) is 8.24 Å². The van der Waals surface area contributed by atoms with Gasteiger partial charge in [-0.05, 0) is 49.9 Å². The third kappa shape index (κ3) is 6.89. The zero-order valence-corrected chi connectivity index (χ0v) is 19.6. The molecule has 0 unspecified atom stereocenters. The molecule has 1 aromatic carbocycles. The quantitative estimate of drug-likeness (QED) is 0.369. The van der Waals surface area contributed by atoms with E-state index in [4.69, 9.17) is 8.85 Å². The van der Waals surface area contributed by atoms with Gasteiger partial charge in [-0.25, -0.2) is 0 Å². The topological polar surface area (TPSA) is 21.7 Å². The molecule has 0 saturated carbocycles. The standard InChI is InChI=1S/C20H39NO2Si2/c1-8-22-24(23-9-2)18-14-13-17-21(19-15-11-10-12-16-19)25(6,7)20(3,4)5/h10-12,15-16,24H,8-9,13-14,17-18H2,1-7H3. The molecular formula is C20H39NO2Si2. The molecule has 0 N–H and O–H groups in total. The number of hydrogen-bond donors (Lipinski definition) is 0. The van der Waals surface area contributed by atoms with Gasteiger partial charge in [0.05, 0.1) is 0 Å². The van der Waals surface area contributed by atoms with Gasteiger partial charge in [-0.3, -0.25) is 0 Å². The Morgan fingerprint density at radius 2 is 1.52 bits per heavy atom. The van der Waals surface area contributed by atoms with Crippen molar-refractivity contribution in [2.75, 3.05) is 24.3 Å². The fourth-order valence-corrected chi connectivity index (χ4v) is 7.03. The summed E-state index contributed by atoms with van der Waals surface area (Å²) in [6.07, 6.45) is 2.39. The highest BCUT2D eigenvalue weighted by Crippen LogP contribution is 2.40. The molecule has 0 bridgehead atoms. The van der Waals surface area contributed by atoms with E-state index in [1.807, 2.05) is 0 Å². The van der Waals surface area contributed by atoms with E-state index < -0.39 is 17.5 Å². The van der Waals surface area contributed by atoms with E-state index in [1.54, 1.807) is 0 Å². The van der Waals surface area contributed by atoms with E-state index in [0.29, 0.717) is 5.04 Å². The van der Waals surface area contributed by atoms with E-state index in [9.17, 15) is 0 Å². The first-order valence-electron chi connectivity index (χ1n) is 9.80. The molecular weight excluding hydrogens is 342 g/mol. The Balaban J connectivity index is 2.73. The maximum atomic E-state index is 5.81. The maximum absolute atomic E-state index is 5.81. The predicted molar refractivity (Wildman–Crippen MR) is 115 cm³/mol. The number of anilines is 1. The molecule has 0 spiro atoms. The minimum Gasteiger partial charge on any atom is -0.397 e. The van der Waals surface area contributed by atoms with E-state index >= 15 is 0 Å². The Hall–Kier alpha value is -0.626. The van der Waals surface area contributed by atoms with Crippen molar-refractivity contribution in [3.63, 3.8) is 0 Å². The number of unbranched alkanes of at least 4 members (excludes halogenated alkanes) is 1. The van der Waals surface area contributed by atoms with E-state index in [2.05, 4.69) is 82.6 Å². The highest BCUT2D eigenvalue weighted by Gasteiger charge is 2.41. The zero-order valence-electron chi connectivity index (χ0n) is 17.5. The van der Waals surface area contributed by atoms with Crippen molar-refractivity contribution in [1.29, 1.82) is 0 Å². The third-order valence-corrected chi connectivity index (χ3v) is 13.1. The van der Waals surface area contributed by atoms with Crippen molar-refractivity contribution < 1.29 is 8.85 Å². The lowest BCUT2D eigenvalue weighted by molar-refractivity contribution is 0.212. The fourth-order valence-electron chi connectivity index (χ4n) is 2.91. The van der Waals surface area contributed by atoms with Gasteiger partial charge in [-0.1, -0.05) is 52.1 Å². The molecule has 0 aliphatic rings. The molecule has 0 fully saturated rings. The molecule has 5 heteroatoms. The Bertz CT molecular complexity index is 468. The van der Waals surface area contributed by atoms with Crippen LogP contribution in [0.5, 0.6) is 0 Å². The second kappa shape index (κ2) is 10.5. The molecule has 0 aliphatic heterocycles. The second-order valence-electron chi connectivity index (χ2n) is 8.13. The van der Waals surface area contributed by atoms with E-state index in [0.717, 1.165) is 25.8 Å². The largest absolute Gasteiger partial charge is 0.397 e. The molecule has 0 radical (unpaired) electrons. The molecule has 1 rings (SSSR count).